The van der Waals surface area contributed by atoms with E-state index in [-0.39, 0.29) is 0 Å². The standard InChI is InChI=1S/C12H22/c1-11(2)9-7-5-6-8-10-12(3)4/h7-12H,5-6H2,1-4H3/b9-7-,10-8+. The zero-order chi connectivity index (χ0) is 9.40. The fourth-order valence-electron chi connectivity index (χ4n) is 0.929. The Bertz CT molecular complexity index is 120. The molecule has 0 aromatic heterocycles. The van der Waals surface area contributed by atoms with E-state index < -0.39 is 0 Å². The van der Waals surface area contributed by atoms with Crippen molar-refractivity contribution in [2.75, 3.05) is 0 Å². The summed E-state index contributed by atoms with van der Waals surface area (Å²) in [6.07, 6.45) is 11.4. The number of hydrogen-bond acceptors (Lipinski definition) is 0. The first-order chi connectivity index (χ1) is 5.63. The predicted octanol–water partition coefficient (Wildman–Crippen LogP) is 4.19. The quantitative estimate of drug-likeness (QED) is 0.424. The van der Waals surface area contributed by atoms with Crippen molar-refractivity contribution in [2.24, 2.45) is 11.8 Å². The first-order valence-corrected chi connectivity index (χ1v) is 4.96. The van der Waals surface area contributed by atoms with E-state index in [1.165, 1.54) is 12.8 Å². The molecule has 0 bridgehead atoms. The van der Waals surface area contributed by atoms with E-state index in [9.17, 15) is 0 Å². The molecule has 0 nitrogen and oxygen atoms in total. The van der Waals surface area contributed by atoms with Gasteiger partial charge in [0.15, 0.2) is 0 Å². The predicted molar refractivity (Wildman–Crippen MR) is 57.2 cm³/mol. The van der Waals surface area contributed by atoms with Gasteiger partial charge in [-0.2, -0.15) is 0 Å². The molecule has 0 heterocycles. The lowest BCUT2D eigenvalue weighted by molar-refractivity contribution is 0.815. The van der Waals surface area contributed by atoms with Crippen molar-refractivity contribution in [3.63, 3.8) is 0 Å². The third-order valence-electron chi connectivity index (χ3n) is 1.54. The lowest BCUT2D eigenvalue weighted by atomic mass is 10.1. The Morgan fingerprint density at radius 3 is 1.33 bits per heavy atom. The summed E-state index contributed by atoms with van der Waals surface area (Å²) in [6, 6.07) is 0. The van der Waals surface area contributed by atoms with Gasteiger partial charge in [-0.25, -0.2) is 0 Å². The van der Waals surface area contributed by atoms with E-state index in [0.717, 1.165) is 0 Å². The van der Waals surface area contributed by atoms with Crippen LogP contribution in [0.25, 0.3) is 0 Å². The Labute approximate surface area is 77.4 Å². The topological polar surface area (TPSA) is 0 Å². The molecule has 0 rings (SSSR count). The van der Waals surface area contributed by atoms with Crippen molar-refractivity contribution in [1.82, 2.24) is 0 Å². The highest BCUT2D eigenvalue weighted by molar-refractivity contribution is 4.90. The van der Waals surface area contributed by atoms with Crippen molar-refractivity contribution in [3.8, 4) is 0 Å². The first kappa shape index (κ1) is 11.5. The summed E-state index contributed by atoms with van der Waals surface area (Å²) in [5.41, 5.74) is 0. The zero-order valence-corrected chi connectivity index (χ0v) is 8.88. The summed E-state index contributed by atoms with van der Waals surface area (Å²) in [6.45, 7) is 8.84. The number of unbranched alkanes of at least 4 members (excludes halogenated alkanes) is 1. The van der Waals surface area contributed by atoms with Crippen molar-refractivity contribution in [3.05, 3.63) is 24.3 Å². The van der Waals surface area contributed by atoms with Crippen LogP contribution in [0.15, 0.2) is 24.3 Å². The van der Waals surface area contributed by atoms with Crippen LogP contribution in [0.1, 0.15) is 40.5 Å². The average molecular weight is 166 g/mol. The normalized spacial score (nSPS) is 12.8. The fraction of sp³-hybridized carbons (Fsp3) is 0.667. The van der Waals surface area contributed by atoms with Crippen LogP contribution in [-0.4, -0.2) is 0 Å². The Balaban J connectivity index is 3.32. The molecule has 0 N–H and O–H groups in total. The first-order valence-electron chi connectivity index (χ1n) is 4.96. The molecule has 0 saturated heterocycles. The highest BCUT2D eigenvalue weighted by Crippen LogP contribution is 2.00. The van der Waals surface area contributed by atoms with Gasteiger partial charge in [0.1, 0.15) is 0 Å². The molecule has 0 unspecified atom stereocenters. The molecule has 12 heavy (non-hydrogen) atoms. The van der Waals surface area contributed by atoms with Crippen LogP contribution < -0.4 is 0 Å². The van der Waals surface area contributed by atoms with E-state index in [2.05, 4.69) is 52.0 Å². The van der Waals surface area contributed by atoms with Gasteiger partial charge < -0.3 is 0 Å². The van der Waals surface area contributed by atoms with E-state index in [0.29, 0.717) is 11.8 Å². The number of allylic oxidation sites excluding steroid dienone is 4. The van der Waals surface area contributed by atoms with Gasteiger partial charge in [0.25, 0.3) is 0 Å². The maximum absolute atomic E-state index is 2.27. The van der Waals surface area contributed by atoms with Crippen LogP contribution in [0.3, 0.4) is 0 Å². The van der Waals surface area contributed by atoms with Gasteiger partial charge in [0.05, 0.1) is 0 Å². The second-order valence-electron chi connectivity index (χ2n) is 3.92. The molecule has 0 fully saturated rings. The highest BCUT2D eigenvalue weighted by Gasteiger charge is 1.84. The smallest absolute Gasteiger partial charge is 0.0290 e. The third-order valence-corrected chi connectivity index (χ3v) is 1.54. The van der Waals surface area contributed by atoms with Crippen LogP contribution in [0.4, 0.5) is 0 Å². The fourth-order valence-corrected chi connectivity index (χ4v) is 0.929. The Hall–Kier alpha value is -0.520. The van der Waals surface area contributed by atoms with Gasteiger partial charge in [0, 0.05) is 0 Å². The minimum atomic E-state index is 0.694. The van der Waals surface area contributed by atoms with Gasteiger partial charge in [-0.15, -0.1) is 0 Å². The van der Waals surface area contributed by atoms with Gasteiger partial charge in [-0.05, 0) is 24.7 Å². The summed E-state index contributed by atoms with van der Waals surface area (Å²) in [5, 5.41) is 0. The minimum Gasteiger partial charge on any atom is -0.0880 e. The van der Waals surface area contributed by atoms with Gasteiger partial charge in [-0.3, -0.25) is 0 Å². The second-order valence-corrected chi connectivity index (χ2v) is 3.92. The lowest BCUT2D eigenvalue weighted by Crippen LogP contribution is -1.78. The van der Waals surface area contributed by atoms with E-state index in [1.54, 1.807) is 0 Å². The molecular formula is C12H22. The molecule has 0 aromatic carbocycles. The molecule has 0 aliphatic rings. The minimum absolute atomic E-state index is 0.694. The van der Waals surface area contributed by atoms with Crippen LogP contribution in [0.5, 0.6) is 0 Å². The molecule has 0 aromatic rings. The third kappa shape index (κ3) is 9.48. The molecule has 0 heteroatoms. The van der Waals surface area contributed by atoms with E-state index in [1.807, 2.05) is 0 Å². The monoisotopic (exact) mass is 166 g/mol. The largest absolute Gasteiger partial charge is 0.0880 e. The Morgan fingerprint density at radius 2 is 1.08 bits per heavy atom. The lowest BCUT2D eigenvalue weighted by Gasteiger charge is -1.94. The molecule has 0 aliphatic carbocycles. The van der Waals surface area contributed by atoms with Crippen LogP contribution in [0.2, 0.25) is 0 Å². The van der Waals surface area contributed by atoms with Gasteiger partial charge in [-0.1, -0.05) is 52.0 Å². The zero-order valence-electron chi connectivity index (χ0n) is 8.88. The summed E-state index contributed by atoms with van der Waals surface area (Å²) in [4.78, 5) is 0. The maximum atomic E-state index is 2.27. The second kappa shape index (κ2) is 7.15. The van der Waals surface area contributed by atoms with Gasteiger partial charge >= 0.3 is 0 Å². The highest BCUT2D eigenvalue weighted by atomic mass is 13.9. The number of rotatable bonds is 5. The van der Waals surface area contributed by atoms with Crippen LogP contribution in [-0.2, 0) is 0 Å². The van der Waals surface area contributed by atoms with Crippen LogP contribution >= 0.6 is 0 Å². The van der Waals surface area contributed by atoms with Crippen LogP contribution in [0, 0.1) is 11.8 Å². The number of hydrogen-bond donors (Lipinski definition) is 0. The summed E-state index contributed by atoms with van der Waals surface area (Å²) < 4.78 is 0. The SMILES string of the molecule is CC(C)/C=C\CC/C=C/C(C)C. The summed E-state index contributed by atoms with van der Waals surface area (Å²) in [7, 11) is 0. The van der Waals surface area contributed by atoms with Crippen molar-refractivity contribution in [1.29, 1.82) is 0 Å². The van der Waals surface area contributed by atoms with Crippen molar-refractivity contribution in [2.45, 2.75) is 40.5 Å². The van der Waals surface area contributed by atoms with E-state index in [4.69, 9.17) is 0 Å². The Morgan fingerprint density at radius 1 is 0.750 bits per heavy atom. The maximum Gasteiger partial charge on any atom is -0.0290 e. The molecule has 0 radical (unpaired) electrons. The molecule has 0 spiro atoms. The van der Waals surface area contributed by atoms with Crippen molar-refractivity contribution < 1.29 is 0 Å². The molecule has 0 atom stereocenters. The Kier molecular flexibility index (Phi) is 6.84. The summed E-state index contributed by atoms with van der Waals surface area (Å²) in [5.74, 6) is 1.39. The van der Waals surface area contributed by atoms with Crippen molar-refractivity contribution >= 4 is 0 Å². The van der Waals surface area contributed by atoms with E-state index >= 15 is 0 Å². The average Bonchev–Trinajstić information content (AvgIpc) is 1.95. The van der Waals surface area contributed by atoms with Gasteiger partial charge in [0.2, 0.25) is 0 Å². The summed E-state index contributed by atoms with van der Waals surface area (Å²) >= 11 is 0. The molecule has 70 valence electrons. The molecule has 0 amide bonds. The molecule has 0 saturated carbocycles. The molecule has 0 aliphatic heterocycles. The molecular weight excluding hydrogens is 144 g/mol.